The van der Waals surface area contributed by atoms with Gasteiger partial charge in [-0.3, -0.25) is 4.79 Å². The fourth-order valence-electron chi connectivity index (χ4n) is 1.91. The minimum atomic E-state index is 0. The van der Waals surface area contributed by atoms with Gasteiger partial charge in [0.25, 0.3) is 5.91 Å². The molecule has 0 aliphatic carbocycles. The zero-order valence-electron chi connectivity index (χ0n) is 9.53. The summed E-state index contributed by atoms with van der Waals surface area (Å²) >= 11 is 4.82. The monoisotopic (exact) mass is 338 g/mol. The second kappa shape index (κ2) is 6.73. The van der Waals surface area contributed by atoms with Gasteiger partial charge in [-0.25, -0.2) is 0 Å². The minimum absolute atomic E-state index is 0. The first-order chi connectivity index (χ1) is 7.66. The van der Waals surface area contributed by atoms with Gasteiger partial charge < -0.3 is 10.6 Å². The van der Waals surface area contributed by atoms with Crippen LogP contribution < -0.4 is 10.6 Å². The normalized spacial score (nSPS) is 23.9. The van der Waals surface area contributed by atoms with Gasteiger partial charge in [0, 0.05) is 21.9 Å². The third-order valence-corrected chi connectivity index (χ3v) is 4.56. The van der Waals surface area contributed by atoms with Crippen molar-refractivity contribution >= 4 is 45.6 Å². The number of carbonyl (C=O) groups is 1. The highest BCUT2D eigenvalue weighted by Crippen LogP contribution is 2.20. The second-order valence-corrected chi connectivity index (χ2v) is 5.92. The predicted octanol–water partition coefficient (Wildman–Crippen LogP) is 2.80. The van der Waals surface area contributed by atoms with Gasteiger partial charge in [-0.15, -0.1) is 23.7 Å². The molecule has 2 N–H and O–H groups in total. The van der Waals surface area contributed by atoms with E-state index in [-0.39, 0.29) is 24.4 Å². The molecular formula is C11H16BrClN2OS. The predicted molar refractivity (Wildman–Crippen MR) is 77.2 cm³/mol. The lowest BCUT2D eigenvalue weighted by atomic mass is 10.00. The lowest BCUT2D eigenvalue weighted by Gasteiger charge is -2.30. The van der Waals surface area contributed by atoms with Crippen molar-refractivity contribution in [2.24, 2.45) is 0 Å². The zero-order chi connectivity index (χ0) is 11.5. The number of nitrogens with one attached hydrogen (secondary N) is 2. The molecule has 2 heterocycles. The summed E-state index contributed by atoms with van der Waals surface area (Å²) in [4.78, 5) is 12.7. The fraction of sp³-hybridized carbons (Fsp3) is 0.545. The van der Waals surface area contributed by atoms with E-state index in [9.17, 15) is 4.79 Å². The molecule has 2 atom stereocenters. The fourth-order valence-corrected chi connectivity index (χ4v) is 3.24. The van der Waals surface area contributed by atoms with Crippen LogP contribution in [0.3, 0.4) is 0 Å². The molecular weight excluding hydrogens is 324 g/mol. The van der Waals surface area contributed by atoms with Crippen LogP contribution >= 0.6 is 39.7 Å². The number of thiophene rings is 1. The first kappa shape index (κ1) is 15.0. The zero-order valence-corrected chi connectivity index (χ0v) is 12.8. The Morgan fingerprint density at radius 2 is 2.41 bits per heavy atom. The van der Waals surface area contributed by atoms with E-state index in [4.69, 9.17) is 0 Å². The minimum Gasteiger partial charge on any atom is -0.347 e. The molecule has 1 amide bonds. The van der Waals surface area contributed by atoms with Gasteiger partial charge in [0.2, 0.25) is 0 Å². The lowest BCUT2D eigenvalue weighted by Crippen LogP contribution is -2.51. The van der Waals surface area contributed by atoms with E-state index in [1.165, 1.54) is 11.3 Å². The molecule has 0 radical (unpaired) electrons. The molecule has 2 unspecified atom stereocenters. The summed E-state index contributed by atoms with van der Waals surface area (Å²) in [6.07, 6.45) is 2.19. The number of piperidine rings is 1. The molecule has 6 heteroatoms. The highest BCUT2D eigenvalue weighted by molar-refractivity contribution is 9.10. The van der Waals surface area contributed by atoms with Crippen LogP contribution in [0, 0.1) is 0 Å². The van der Waals surface area contributed by atoms with Gasteiger partial charge >= 0.3 is 0 Å². The van der Waals surface area contributed by atoms with E-state index in [1.54, 1.807) is 0 Å². The number of amides is 1. The molecule has 1 aliphatic rings. The van der Waals surface area contributed by atoms with Gasteiger partial charge in [0.1, 0.15) is 0 Å². The van der Waals surface area contributed by atoms with E-state index >= 15 is 0 Å². The van der Waals surface area contributed by atoms with Gasteiger partial charge in [0.15, 0.2) is 0 Å². The average molecular weight is 340 g/mol. The molecule has 17 heavy (non-hydrogen) atoms. The van der Waals surface area contributed by atoms with Crippen molar-refractivity contribution in [3.63, 3.8) is 0 Å². The second-order valence-electron chi connectivity index (χ2n) is 4.09. The molecule has 1 aromatic rings. The molecule has 2 rings (SSSR count). The topological polar surface area (TPSA) is 41.1 Å². The maximum absolute atomic E-state index is 11.9. The molecule has 1 aliphatic heterocycles. The van der Waals surface area contributed by atoms with Crippen LogP contribution in [0.4, 0.5) is 0 Å². The molecule has 0 saturated carbocycles. The van der Waals surface area contributed by atoms with Gasteiger partial charge in [0.05, 0.1) is 4.88 Å². The number of hydrogen-bond acceptors (Lipinski definition) is 3. The maximum Gasteiger partial charge on any atom is 0.261 e. The van der Waals surface area contributed by atoms with Crippen molar-refractivity contribution in [1.82, 2.24) is 10.6 Å². The molecule has 3 nitrogen and oxygen atoms in total. The maximum atomic E-state index is 11.9. The highest BCUT2D eigenvalue weighted by Gasteiger charge is 2.23. The Hall–Kier alpha value is -0.100. The number of carbonyl (C=O) groups excluding carboxylic acids is 1. The van der Waals surface area contributed by atoms with Gasteiger partial charge in [-0.05, 0) is 48.3 Å². The van der Waals surface area contributed by atoms with E-state index in [1.807, 2.05) is 11.4 Å². The van der Waals surface area contributed by atoms with Crippen molar-refractivity contribution in [2.75, 3.05) is 6.54 Å². The van der Waals surface area contributed by atoms with Crippen molar-refractivity contribution in [3.05, 3.63) is 20.8 Å². The van der Waals surface area contributed by atoms with Crippen LogP contribution in [-0.4, -0.2) is 24.5 Å². The smallest absolute Gasteiger partial charge is 0.261 e. The summed E-state index contributed by atoms with van der Waals surface area (Å²) in [5.41, 5.74) is 0. The first-order valence-electron chi connectivity index (χ1n) is 5.45. The lowest BCUT2D eigenvalue weighted by molar-refractivity contribution is 0.0924. The number of halogens is 2. The summed E-state index contributed by atoms with van der Waals surface area (Å²) in [5.74, 6) is 0.0382. The molecule has 1 fully saturated rings. The van der Waals surface area contributed by atoms with Crippen molar-refractivity contribution < 1.29 is 4.79 Å². The van der Waals surface area contributed by atoms with Gasteiger partial charge in [-0.2, -0.15) is 0 Å². The third kappa shape index (κ3) is 3.95. The standard InChI is InChI=1S/C11H15BrN2OS.ClH/c1-7-9(3-2-4-13-7)14-11(15)10-5-8(12)6-16-10;/h5-7,9,13H,2-4H2,1H3,(H,14,15);1H. The quantitative estimate of drug-likeness (QED) is 0.870. The molecule has 0 aromatic carbocycles. The highest BCUT2D eigenvalue weighted by atomic mass is 79.9. The van der Waals surface area contributed by atoms with Crippen LogP contribution in [-0.2, 0) is 0 Å². The Balaban J connectivity index is 0.00000144. The van der Waals surface area contributed by atoms with Crippen LogP contribution in [0.15, 0.2) is 15.9 Å². The Bertz CT molecular complexity index is 385. The summed E-state index contributed by atoms with van der Waals surface area (Å²) in [6, 6.07) is 2.48. The van der Waals surface area contributed by atoms with Crippen molar-refractivity contribution in [1.29, 1.82) is 0 Å². The molecule has 0 spiro atoms. The average Bonchev–Trinajstić information content (AvgIpc) is 2.68. The molecule has 1 aromatic heterocycles. The van der Waals surface area contributed by atoms with Gasteiger partial charge in [-0.1, -0.05) is 0 Å². The Morgan fingerprint density at radius 1 is 1.65 bits per heavy atom. The summed E-state index contributed by atoms with van der Waals surface area (Å²) < 4.78 is 0.970. The first-order valence-corrected chi connectivity index (χ1v) is 7.12. The summed E-state index contributed by atoms with van der Waals surface area (Å²) in [7, 11) is 0. The van der Waals surface area contributed by atoms with E-state index in [0.717, 1.165) is 28.7 Å². The molecule has 0 bridgehead atoms. The molecule has 1 saturated heterocycles. The Labute approximate surface area is 120 Å². The number of hydrogen-bond donors (Lipinski definition) is 2. The van der Waals surface area contributed by atoms with Crippen LogP contribution in [0.2, 0.25) is 0 Å². The van der Waals surface area contributed by atoms with Crippen molar-refractivity contribution in [3.8, 4) is 0 Å². The van der Waals surface area contributed by atoms with E-state index in [2.05, 4.69) is 33.5 Å². The van der Waals surface area contributed by atoms with Crippen LogP contribution in [0.5, 0.6) is 0 Å². The van der Waals surface area contributed by atoms with E-state index in [0.29, 0.717) is 6.04 Å². The van der Waals surface area contributed by atoms with Crippen LogP contribution in [0.25, 0.3) is 0 Å². The SMILES string of the molecule is CC1NCCCC1NC(=O)c1cc(Br)cs1.Cl. The van der Waals surface area contributed by atoms with Crippen molar-refractivity contribution in [2.45, 2.75) is 31.8 Å². The van der Waals surface area contributed by atoms with E-state index < -0.39 is 0 Å². The summed E-state index contributed by atoms with van der Waals surface area (Å²) in [5, 5.41) is 8.39. The Kier molecular flexibility index (Phi) is 5.92. The molecule has 96 valence electrons. The summed E-state index contributed by atoms with van der Waals surface area (Å²) in [6.45, 7) is 3.17. The number of rotatable bonds is 2. The Morgan fingerprint density at radius 3 is 3.00 bits per heavy atom. The largest absolute Gasteiger partial charge is 0.347 e. The third-order valence-electron chi connectivity index (χ3n) is 2.87. The van der Waals surface area contributed by atoms with Crippen LogP contribution in [0.1, 0.15) is 29.4 Å².